The van der Waals surface area contributed by atoms with Gasteiger partial charge in [0.15, 0.2) is 0 Å². The second-order valence-electron chi connectivity index (χ2n) is 5.02. The lowest BCUT2D eigenvalue weighted by molar-refractivity contribution is 0.406. The molecule has 0 bridgehead atoms. The van der Waals surface area contributed by atoms with Crippen molar-refractivity contribution in [2.24, 2.45) is 5.73 Å². The van der Waals surface area contributed by atoms with Gasteiger partial charge in [-0.1, -0.05) is 22.0 Å². The van der Waals surface area contributed by atoms with E-state index >= 15 is 0 Å². The van der Waals surface area contributed by atoms with Crippen LogP contribution in [0.2, 0.25) is 0 Å². The van der Waals surface area contributed by atoms with Crippen molar-refractivity contribution >= 4 is 15.9 Å². The standard InChI is InChI=1S/C16H18BrFN2O/c1-9-8-20-15(10(2)16(9)21-3)7-14(19)12-5-4-11(18)6-13(12)17/h4-6,8,14H,7,19H2,1-3H3. The fourth-order valence-electron chi connectivity index (χ4n) is 2.40. The molecular weight excluding hydrogens is 335 g/mol. The fourth-order valence-corrected chi connectivity index (χ4v) is 3.04. The van der Waals surface area contributed by atoms with Crippen molar-refractivity contribution < 1.29 is 9.13 Å². The van der Waals surface area contributed by atoms with E-state index in [0.29, 0.717) is 10.9 Å². The number of hydrogen-bond donors (Lipinski definition) is 1. The average molecular weight is 353 g/mol. The van der Waals surface area contributed by atoms with Gasteiger partial charge in [-0.15, -0.1) is 0 Å². The van der Waals surface area contributed by atoms with Crippen molar-refractivity contribution in [3.8, 4) is 5.75 Å². The van der Waals surface area contributed by atoms with Crippen LogP contribution in [0.15, 0.2) is 28.9 Å². The van der Waals surface area contributed by atoms with Crippen LogP contribution in [0.1, 0.15) is 28.4 Å². The number of nitrogens with zero attached hydrogens (tertiary/aromatic N) is 1. The number of benzene rings is 1. The molecule has 1 atom stereocenters. The van der Waals surface area contributed by atoms with Crippen molar-refractivity contribution in [1.82, 2.24) is 4.98 Å². The Kier molecular flexibility index (Phi) is 4.96. The molecule has 1 aromatic carbocycles. The number of ether oxygens (including phenoxy) is 1. The van der Waals surface area contributed by atoms with Crippen LogP contribution in [-0.2, 0) is 6.42 Å². The molecule has 0 amide bonds. The Bertz CT molecular complexity index is 661. The third-order valence-corrected chi connectivity index (χ3v) is 4.21. The zero-order valence-electron chi connectivity index (χ0n) is 12.3. The highest BCUT2D eigenvalue weighted by atomic mass is 79.9. The maximum atomic E-state index is 13.1. The van der Waals surface area contributed by atoms with Gasteiger partial charge in [-0.05, 0) is 31.5 Å². The number of methoxy groups -OCH3 is 1. The van der Waals surface area contributed by atoms with Crippen LogP contribution in [0.5, 0.6) is 5.75 Å². The molecule has 0 aliphatic heterocycles. The first kappa shape index (κ1) is 15.9. The third-order valence-electron chi connectivity index (χ3n) is 3.53. The summed E-state index contributed by atoms with van der Waals surface area (Å²) >= 11 is 3.35. The molecule has 1 aromatic heterocycles. The maximum Gasteiger partial charge on any atom is 0.128 e. The summed E-state index contributed by atoms with van der Waals surface area (Å²) in [5, 5.41) is 0. The van der Waals surface area contributed by atoms with Gasteiger partial charge in [-0.2, -0.15) is 0 Å². The normalized spacial score (nSPS) is 12.3. The SMILES string of the molecule is COc1c(C)cnc(CC(N)c2ccc(F)cc2Br)c1C. The minimum Gasteiger partial charge on any atom is -0.496 e. The minimum atomic E-state index is -0.288. The van der Waals surface area contributed by atoms with Gasteiger partial charge in [-0.3, -0.25) is 4.98 Å². The van der Waals surface area contributed by atoms with Gasteiger partial charge in [0.1, 0.15) is 11.6 Å². The van der Waals surface area contributed by atoms with Crippen LogP contribution >= 0.6 is 15.9 Å². The number of rotatable bonds is 4. The van der Waals surface area contributed by atoms with E-state index in [1.807, 2.05) is 13.8 Å². The van der Waals surface area contributed by atoms with Crippen molar-refractivity contribution in [2.75, 3.05) is 7.11 Å². The quantitative estimate of drug-likeness (QED) is 0.908. The Labute approximate surface area is 132 Å². The predicted molar refractivity (Wildman–Crippen MR) is 85.0 cm³/mol. The summed E-state index contributed by atoms with van der Waals surface area (Å²) in [6, 6.07) is 4.27. The van der Waals surface area contributed by atoms with Crippen LogP contribution in [-0.4, -0.2) is 12.1 Å². The maximum absolute atomic E-state index is 13.1. The lowest BCUT2D eigenvalue weighted by atomic mass is 9.99. The van der Waals surface area contributed by atoms with E-state index in [1.165, 1.54) is 12.1 Å². The van der Waals surface area contributed by atoms with Gasteiger partial charge in [0.05, 0.1) is 7.11 Å². The van der Waals surface area contributed by atoms with Crippen molar-refractivity contribution in [3.05, 3.63) is 57.1 Å². The zero-order chi connectivity index (χ0) is 15.6. The van der Waals surface area contributed by atoms with E-state index in [-0.39, 0.29) is 11.9 Å². The third kappa shape index (κ3) is 3.41. The largest absolute Gasteiger partial charge is 0.496 e. The summed E-state index contributed by atoms with van der Waals surface area (Å²) in [7, 11) is 1.65. The van der Waals surface area contributed by atoms with Gasteiger partial charge in [0.25, 0.3) is 0 Å². The second kappa shape index (κ2) is 6.54. The van der Waals surface area contributed by atoms with E-state index in [1.54, 1.807) is 19.4 Å². The van der Waals surface area contributed by atoms with E-state index in [2.05, 4.69) is 20.9 Å². The van der Waals surface area contributed by atoms with Crippen molar-refractivity contribution in [1.29, 1.82) is 0 Å². The molecule has 0 saturated carbocycles. The Morgan fingerprint density at radius 1 is 1.38 bits per heavy atom. The second-order valence-corrected chi connectivity index (χ2v) is 5.88. The van der Waals surface area contributed by atoms with Crippen molar-refractivity contribution in [2.45, 2.75) is 26.3 Å². The zero-order valence-corrected chi connectivity index (χ0v) is 13.9. The first-order chi connectivity index (χ1) is 9.93. The highest BCUT2D eigenvalue weighted by Gasteiger charge is 2.16. The van der Waals surface area contributed by atoms with E-state index in [4.69, 9.17) is 10.5 Å². The Morgan fingerprint density at radius 3 is 2.71 bits per heavy atom. The van der Waals surface area contributed by atoms with Crippen LogP contribution in [0, 0.1) is 19.7 Å². The molecule has 0 aliphatic rings. The lowest BCUT2D eigenvalue weighted by Gasteiger charge is -2.17. The summed E-state index contributed by atoms with van der Waals surface area (Å²) in [4.78, 5) is 4.45. The van der Waals surface area contributed by atoms with E-state index < -0.39 is 0 Å². The summed E-state index contributed by atoms with van der Waals surface area (Å²) < 4.78 is 19.2. The Morgan fingerprint density at radius 2 is 2.10 bits per heavy atom. The molecule has 112 valence electrons. The Hall–Kier alpha value is -1.46. The number of hydrogen-bond acceptors (Lipinski definition) is 3. The molecule has 0 spiro atoms. The molecule has 1 heterocycles. The molecule has 2 rings (SSSR count). The molecule has 0 aliphatic carbocycles. The first-order valence-electron chi connectivity index (χ1n) is 6.63. The molecule has 0 radical (unpaired) electrons. The summed E-state index contributed by atoms with van der Waals surface area (Å²) in [6.45, 7) is 3.93. The number of aryl methyl sites for hydroxylation is 1. The van der Waals surface area contributed by atoms with Gasteiger partial charge < -0.3 is 10.5 Å². The van der Waals surface area contributed by atoms with E-state index in [9.17, 15) is 4.39 Å². The molecule has 2 aromatic rings. The summed E-state index contributed by atoms with van der Waals surface area (Å²) in [5.41, 5.74) is 9.98. The number of pyridine rings is 1. The van der Waals surface area contributed by atoms with Crippen LogP contribution < -0.4 is 10.5 Å². The summed E-state index contributed by atoms with van der Waals surface area (Å²) in [6.07, 6.45) is 2.35. The first-order valence-corrected chi connectivity index (χ1v) is 7.43. The van der Waals surface area contributed by atoms with E-state index in [0.717, 1.165) is 28.1 Å². The lowest BCUT2D eigenvalue weighted by Crippen LogP contribution is -2.16. The molecule has 2 N–H and O–H groups in total. The average Bonchev–Trinajstić information content (AvgIpc) is 2.42. The molecule has 3 nitrogen and oxygen atoms in total. The highest BCUT2D eigenvalue weighted by Crippen LogP contribution is 2.29. The molecule has 1 unspecified atom stereocenters. The number of nitrogens with two attached hydrogens (primary N) is 1. The van der Waals surface area contributed by atoms with Gasteiger partial charge in [0, 0.05) is 40.0 Å². The summed E-state index contributed by atoms with van der Waals surface area (Å²) in [5.74, 6) is 0.550. The fraction of sp³-hybridized carbons (Fsp3) is 0.312. The Balaban J connectivity index is 2.29. The van der Waals surface area contributed by atoms with Crippen LogP contribution in [0.3, 0.4) is 0 Å². The molecule has 0 fully saturated rings. The molecule has 0 saturated heterocycles. The molecule has 21 heavy (non-hydrogen) atoms. The number of halogens is 2. The van der Waals surface area contributed by atoms with Crippen molar-refractivity contribution in [3.63, 3.8) is 0 Å². The van der Waals surface area contributed by atoms with Crippen LogP contribution in [0.4, 0.5) is 4.39 Å². The molecular formula is C16H18BrFN2O. The minimum absolute atomic E-state index is 0.265. The monoisotopic (exact) mass is 352 g/mol. The predicted octanol–water partition coefficient (Wildman–Crippen LogP) is 3.85. The van der Waals surface area contributed by atoms with Crippen LogP contribution in [0.25, 0.3) is 0 Å². The smallest absolute Gasteiger partial charge is 0.128 e. The van der Waals surface area contributed by atoms with Gasteiger partial charge in [-0.25, -0.2) is 4.39 Å². The molecule has 5 heteroatoms. The van der Waals surface area contributed by atoms with Gasteiger partial charge >= 0.3 is 0 Å². The van der Waals surface area contributed by atoms with Gasteiger partial charge in [0.2, 0.25) is 0 Å². The number of aromatic nitrogens is 1. The highest BCUT2D eigenvalue weighted by molar-refractivity contribution is 9.10. The topological polar surface area (TPSA) is 48.1 Å².